The molecule has 1 aromatic rings. The number of aliphatic hydroxyl groups excluding tert-OH is 1. The molecule has 0 aliphatic rings. The Hall–Kier alpha value is -0.820. The molecule has 1 heteroatoms. The van der Waals surface area contributed by atoms with Crippen LogP contribution >= 0.6 is 0 Å². The molecule has 0 radical (unpaired) electrons. The van der Waals surface area contributed by atoms with Gasteiger partial charge >= 0.3 is 0 Å². The molecule has 1 aromatic carbocycles. The highest BCUT2D eigenvalue weighted by Gasteiger charge is 2.07. The Morgan fingerprint density at radius 3 is 2.50 bits per heavy atom. The average molecular weight is 192 g/mol. The number of aliphatic hydroxyl groups is 1. The van der Waals surface area contributed by atoms with Crippen molar-refractivity contribution < 1.29 is 5.11 Å². The minimum absolute atomic E-state index is 0.314. The Bertz CT molecular complexity index is 230. The number of hydrogen-bond donors (Lipinski definition) is 1. The molecule has 1 N–H and O–H groups in total. The van der Waals surface area contributed by atoms with Crippen LogP contribution in [-0.2, 0) is 6.42 Å². The molecule has 14 heavy (non-hydrogen) atoms. The van der Waals surface area contributed by atoms with E-state index < -0.39 is 0 Å². The molecule has 0 bridgehead atoms. The van der Waals surface area contributed by atoms with Crippen LogP contribution in [0.4, 0.5) is 0 Å². The highest BCUT2D eigenvalue weighted by Crippen LogP contribution is 2.14. The van der Waals surface area contributed by atoms with E-state index in [0.717, 1.165) is 12.8 Å². The van der Waals surface area contributed by atoms with E-state index in [0.29, 0.717) is 12.5 Å². The standard InChI is InChI=1S/C13H20O/c1-2-3-7-13(11-14)10-12-8-5-4-6-9-12/h4-6,8-9,13-14H,2-3,7,10-11H2,1H3/t13-/m1/s1. The van der Waals surface area contributed by atoms with Crippen molar-refractivity contribution in [3.05, 3.63) is 35.9 Å². The van der Waals surface area contributed by atoms with Crippen LogP contribution < -0.4 is 0 Å². The van der Waals surface area contributed by atoms with E-state index in [1.54, 1.807) is 0 Å². The first-order chi connectivity index (χ1) is 6.86. The van der Waals surface area contributed by atoms with Crippen molar-refractivity contribution in [2.45, 2.75) is 32.6 Å². The van der Waals surface area contributed by atoms with Crippen molar-refractivity contribution in [3.63, 3.8) is 0 Å². The topological polar surface area (TPSA) is 20.2 Å². The summed E-state index contributed by atoms with van der Waals surface area (Å²) in [7, 11) is 0. The number of hydrogen-bond acceptors (Lipinski definition) is 1. The third-order valence-corrected chi connectivity index (χ3v) is 2.59. The summed E-state index contributed by atoms with van der Waals surface area (Å²) in [4.78, 5) is 0. The third-order valence-electron chi connectivity index (χ3n) is 2.59. The molecule has 0 saturated carbocycles. The van der Waals surface area contributed by atoms with Crippen LogP contribution in [0.3, 0.4) is 0 Å². The van der Waals surface area contributed by atoms with Gasteiger partial charge in [0.25, 0.3) is 0 Å². The maximum atomic E-state index is 9.21. The van der Waals surface area contributed by atoms with E-state index in [1.165, 1.54) is 18.4 Å². The second-order valence-electron chi connectivity index (χ2n) is 3.88. The molecular formula is C13H20O. The zero-order valence-corrected chi connectivity index (χ0v) is 8.95. The molecule has 0 amide bonds. The van der Waals surface area contributed by atoms with Crippen molar-refractivity contribution in [1.82, 2.24) is 0 Å². The maximum absolute atomic E-state index is 9.21. The fourth-order valence-corrected chi connectivity index (χ4v) is 1.70. The zero-order chi connectivity index (χ0) is 10.2. The van der Waals surface area contributed by atoms with Gasteiger partial charge in [-0.3, -0.25) is 0 Å². The Morgan fingerprint density at radius 2 is 1.93 bits per heavy atom. The van der Waals surface area contributed by atoms with Crippen LogP contribution in [0.25, 0.3) is 0 Å². The first-order valence-electron chi connectivity index (χ1n) is 5.51. The lowest BCUT2D eigenvalue weighted by Crippen LogP contribution is -2.09. The van der Waals surface area contributed by atoms with Crippen LogP contribution in [0.5, 0.6) is 0 Å². The van der Waals surface area contributed by atoms with E-state index in [2.05, 4.69) is 31.2 Å². The van der Waals surface area contributed by atoms with Gasteiger partial charge in [-0.15, -0.1) is 0 Å². The second kappa shape index (κ2) is 6.61. The monoisotopic (exact) mass is 192 g/mol. The van der Waals surface area contributed by atoms with Crippen LogP contribution in [0.15, 0.2) is 30.3 Å². The second-order valence-corrected chi connectivity index (χ2v) is 3.88. The first-order valence-corrected chi connectivity index (χ1v) is 5.51. The predicted molar refractivity (Wildman–Crippen MR) is 60.2 cm³/mol. The lowest BCUT2D eigenvalue weighted by molar-refractivity contribution is 0.215. The lowest BCUT2D eigenvalue weighted by atomic mass is 9.95. The summed E-state index contributed by atoms with van der Waals surface area (Å²) in [5, 5.41) is 9.21. The zero-order valence-electron chi connectivity index (χ0n) is 8.95. The van der Waals surface area contributed by atoms with E-state index in [9.17, 15) is 5.11 Å². The summed E-state index contributed by atoms with van der Waals surface area (Å²) in [6.07, 6.45) is 4.59. The summed E-state index contributed by atoms with van der Waals surface area (Å²) in [6, 6.07) is 10.4. The van der Waals surface area contributed by atoms with Crippen molar-refractivity contribution in [3.8, 4) is 0 Å². The summed E-state index contributed by atoms with van der Waals surface area (Å²) in [6.45, 7) is 2.51. The molecule has 0 heterocycles. The highest BCUT2D eigenvalue weighted by molar-refractivity contribution is 5.15. The van der Waals surface area contributed by atoms with Gasteiger partial charge in [0.15, 0.2) is 0 Å². The largest absolute Gasteiger partial charge is 0.396 e. The molecule has 78 valence electrons. The summed E-state index contributed by atoms with van der Waals surface area (Å²) in [5.41, 5.74) is 1.34. The molecule has 0 unspecified atom stereocenters. The van der Waals surface area contributed by atoms with E-state index in [4.69, 9.17) is 0 Å². The predicted octanol–water partition coefficient (Wildman–Crippen LogP) is 3.03. The van der Waals surface area contributed by atoms with Crippen LogP contribution in [-0.4, -0.2) is 11.7 Å². The minimum atomic E-state index is 0.314. The molecule has 0 spiro atoms. The van der Waals surface area contributed by atoms with E-state index in [-0.39, 0.29) is 0 Å². The van der Waals surface area contributed by atoms with Crippen molar-refractivity contribution in [2.24, 2.45) is 5.92 Å². The van der Waals surface area contributed by atoms with Crippen LogP contribution in [0, 0.1) is 5.92 Å². The van der Waals surface area contributed by atoms with E-state index >= 15 is 0 Å². The summed E-state index contributed by atoms with van der Waals surface area (Å²) < 4.78 is 0. The van der Waals surface area contributed by atoms with Gasteiger partial charge in [0.1, 0.15) is 0 Å². The van der Waals surface area contributed by atoms with Crippen LogP contribution in [0.2, 0.25) is 0 Å². The molecule has 0 aromatic heterocycles. The van der Waals surface area contributed by atoms with Crippen LogP contribution in [0.1, 0.15) is 31.7 Å². The van der Waals surface area contributed by atoms with Gasteiger partial charge in [-0.1, -0.05) is 50.1 Å². The molecular weight excluding hydrogens is 172 g/mol. The normalized spacial score (nSPS) is 12.7. The van der Waals surface area contributed by atoms with Gasteiger partial charge in [0, 0.05) is 6.61 Å². The number of rotatable bonds is 6. The van der Waals surface area contributed by atoms with Gasteiger partial charge in [0.2, 0.25) is 0 Å². The van der Waals surface area contributed by atoms with Gasteiger partial charge in [-0.2, -0.15) is 0 Å². The SMILES string of the molecule is CCCC[C@@H](CO)Cc1ccccc1. The van der Waals surface area contributed by atoms with Crippen molar-refractivity contribution in [1.29, 1.82) is 0 Å². The molecule has 1 rings (SSSR count). The summed E-state index contributed by atoms with van der Waals surface area (Å²) >= 11 is 0. The van der Waals surface area contributed by atoms with Crippen molar-refractivity contribution in [2.75, 3.05) is 6.61 Å². The van der Waals surface area contributed by atoms with Gasteiger partial charge < -0.3 is 5.11 Å². The molecule has 0 fully saturated rings. The fraction of sp³-hybridized carbons (Fsp3) is 0.538. The summed E-state index contributed by atoms with van der Waals surface area (Å²) in [5.74, 6) is 0.442. The van der Waals surface area contributed by atoms with Crippen molar-refractivity contribution >= 4 is 0 Å². The number of unbranched alkanes of at least 4 members (excludes halogenated alkanes) is 1. The van der Waals surface area contributed by atoms with Gasteiger partial charge in [-0.05, 0) is 24.3 Å². The fourth-order valence-electron chi connectivity index (χ4n) is 1.70. The Balaban J connectivity index is 2.40. The molecule has 0 aliphatic carbocycles. The lowest BCUT2D eigenvalue weighted by Gasteiger charge is -2.13. The smallest absolute Gasteiger partial charge is 0.0462 e. The molecule has 1 atom stereocenters. The quantitative estimate of drug-likeness (QED) is 0.734. The minimum Gasteiger partial charge on any atom is -0.396 e. The maximum Gasteiger partial charge on any atom is 0.0462 e. The third kappa shape index (κ3) is 3.93. The Kier molecular flexibility index (Phi) is 5.31. The Morgan fingerprint density at radius 1 is 1.21 bits per heavy atom. The van der Waals surface area contributed by atoms with E-state index in [1.807, 2.05) is 6.07 Å². The highest BCUT2D eigenvalue weighted by atomic mass is 16.3. The van der Waals surface area contributed by atoms with Gasteiger partial charge in [0.05, 0.1) is 0 Å². The van der Waals surface area contributed by atoms with Gasteiger partial charge in [-0.25, -0.2) is 0 Å². The molecule has 0 saturated heterocycles. The average Bonchev–Trinajstić information content (AvgIpc) is 2.25. The first kappa shape index (κ1) is 11.3. The Labute approximate surface area is 86.8 Å². The number of benzene rings is 1. The molecule has 1 nitrogen and oxygen atoms in total. The molecule has 0 aliphatic heterocycles.